The number of halogens is 1. The number of nitrogens with zero attached hydrogens (tertiary/aromatic N) is 3. The lowest BCUT2D eigenvalue weighted by molar-refractivity contribution is -0.123. The Morgan fingerprint density at radius 2 is 2.27 bits per heavy atom. The predicted octanol–water partition coefficient (Wildman–Crippen LogP) is 1.67. The topological polar surface area (TPSA) is 68.5 Å². The number of hydrogen-bond acceptors (Lipinski definition) is 5. The molecule has 0 radical (unpaired) electrons. The molecule has 0 unspecified atom stereocenters. The predicted molar refractivity (Wildman–Crippen MR) is 79.5 cm³/mol. The molecule has 2 aromatic heterocycles. The van der Waals surface area contributed by atoms with Gasteiger partial charge in [0.2, 0.25) is 4.96 Å². The lowest BCUT2D eigenvalue weighted by Gasteiger charge is -2.07. The fourth-order valence-electron chi connectivity index (χ4n) is 1.94. The van der Waals surface area contributed by atoms with E-state index in [4.69, 9.17) is 4.74 Å². The molecule has 6 nitrogen and oxygen atoms in total. The van der Waals surface area contributed by atoms with Gasteiger partial charge in [0.25, 0.3) is 5.91 Å². The number of fused-ring (bicyclic) bond motifs is 1. The van der Waals surface area contributed by atoms with Crippen LogP contribution in [-0.4, -0.2) is 33.7 Å². The molecule has 0 aliphatic carbocycles. The van der Waals surface area contributed by atoms with Crippen LogP contribution in [0.4, 0.5) is 4.39 Å². The standard InChI is InChI=1S/C14H13FN4O2S/c15-11-3-1-2-4-12(11)21-7-13(20)16-6-5-10-8-22-14-18-17-9-19(10)14/h1-4,8-9H,5-7H2,(H,16,20). The molecule has 0 aliphatic rings. The van der Waals surface area contributed by atoms with Crippen LogP contribution in [0.5, 0.6) is 5.75 Å². The molecule has 0 saturated heterocycles. The van der Waals surface area contributed by atoms with E-state index in [0.29, 0.717) is 13.0 Å². The molecule has 0 fully saturated rings. The van der Waals surface area contributed by atoms with Crippen molar-refractivity contribution in [2.75, 3.05) is 13.2 Å². The monoisotopic (exact) mass is 320 g/mol. The van der Waals surface area contributed by atoms with Gasteiger partial charge in [-0.15, -0.1) is 21.5 Å². The van der Waals surface area contributed by atoms with Crippen molar-refractivity contribution in [1.29, 1.82) is 0 Å². The van der Waals surface area contributed by atoms with Crippen LogP contribution >= 0.6 is 11.3 Å². The summed E-state index contributed by atoms with van der Waals surface area (Å²) in [7, 11) is 0. The van der Waals surface area contributed by atoms with Crippen molar-refractivity contribution >= 4 is 22.2 Å². The number of thiazole rings is 1. The van der Waals surface area contributed by atoms with Crippen LogP contribution in [0.15, 0.2) is 36.0 Å². The fraction of sp³-hybridized carbons (Fsp3) is 0.214. The zero-order chi connectivity index (χ0) is 15.4. The molecule has 0 bridgehead atoms. The number of amides is 1. The first-order valence-electron chi connectivity index (χ1n) is 6.64. The highest BCUT2D eigenvalue weighted by molar-refractivity contribution is 7.15. The number of carbonyl (C=O) groups is 1. The molecule has 1 amide bonds. The third-order valence-corrected chi connectivity index (χ3v) is 3.90. The van der Waals surface area contributed by atoms with E-state index in [0.717, 1.165) is 10.7 Å². The molecule has 2 heterocycles. The second kappa shape index (κ2) is 6.52. The fourth-order valence-corrected chi connectivity index (χ4v) is 2.79. The summed E-state index contributed by atoms with van der Waals surface area (Å²) < 4.78 is 20.3. The average molecular weight is 320 g/mol. The van der Waals surface area contributed by atoms with Crippen LogP contribution in [0.2, 0.25) is 0 Å². The van der Waals surface area contributed by atoms with Crippen molar-refractivity contribution in [3.05, 3.63) is 47.5 Å². The Kier molecular flexibility index (Phi) is 4.29. The smallest absolute Gasteiger partial charge is 0.257 e. The van der Waals surface area contributed by atoms with Gasteiger partial charge in [0.1, 0.15) is 6.33 Å². The highest BCUT2D eigenvalue weighted by Crippen LogP contribution is 2.15. The molecule has 22 heavy (non-hydrogen) atoms. The van der Waals surface area contributed by atoms with Crippen LogP contribution < -0.4 is 10.1 Å². The maximum Gasteiger partial charge on any atom is 0.257 e. The molecule has 0 atom stereocenters. The van der Waals surface area contributed by atoms with Gasteiger partial charge >= 0.3 is 0 Å². The minimum atomic E-state index is -0.483. The quantitative estimate of drug-likeness (QED) is 0.750. The minimum Gasteiger partial charge on any atom is -0.481 e. The third kappa shape index (κ3) is 3.22. The summed E-state index contributed by atoms with van der Waals surface area (Å²) in [6, 6.07) is 5.98. The highest BCUT2D eigenvalue weighted by atomic mass is 32.1. The Morgan fingerprint density at radius 1 is 1.41 bits per heavy atom. The zero-order valence-corrected chi connectivity index (χ0v) is 12.3. The summed E-state index contributed by atoms with van der Waals surface area (Å²) in [6.07, 6.45) is 2.30. The molecular weight excluding hydrogens is 307 g/mol. The average Bonchev–Trinajstić information content (AvgIpc) is 3.11. The summed E-state index contributed by atoms with van der Waals surface area (Å²) in [6.45, 7) is 0.246. The van der Waals surface area contributed by atoms with E-state index in [-0.39, 0.29) is 18.3 Å². The normalized spacial score (nSPS) is 10.8. The Balaban J connectivity index is 1.45. The van der Waals surface area contributed by atoms with Crippen LogP contribution in [0, 0.1) is 5.82 Å². The second-order valence-electron chi connectivity index (χ2n) is 4.53. The molecular formula is C14H13FN4O2S. The van der Waals surface area contributed by atoms with Gasteiger partial charge < -0.3 is 10.1 Å². The molecule has 3 aromatic rings. The highest BCUT2D eigenvalue weighted by Gasteiger charge is 2.08. The lowest BCUT2D eigenvalue weighted by Crippen LogP contribution is -2.30. The van der Waals surface area contributed by atoms with E-state index in [2.05, 4.69) is 15.5 Å². The molecule has 3 rings (SSSR count). The Hall–Kier alpha value is -2.48. The van der Waals surface area contributed by atoms with Gasteiger partial charge in [-0.2, -0.15) is 0 Å². The number of rotatable bonds is 6. The van der Waals surface area contributed by atoms with Gasteiger partial charge in [-0.05, 0) is 12.1 Å². The van der Waals surface area contributed by atoms with Crippen LogP contribution in [0.25, 0.3) is 4.96 Å². The summed E-state index contributed by atoms with van der Waals surface area (Å²) in [5.74, 6) is -0.705. The summed E-state index contributed by atoms with van der Waals surface area (Å²) >= 11 is 1.50. The maximum atomic E-state index is 13.3. The number of hydrogen-bond donors (Lipinski definition) is 1. The first-order chi connectivity index (χ1) is 10.7. The number of nitrogens with one attached hydrogen (secondary N) is 1. The molecule has 1 aromatic carbocycles. The van der Waals surface area contributed by atoms with E-state index < -0.39 is 5.82 Å². The van der Waals surface area contributed by atoms with Crippen LogP contribution in [-0.2, 0) is 11.2 Å². The summed E-state index contributed by atoms with van der Waals surface area (Å²) in [4.78, 5) is 12.5. The Morgan fingerprint density at radius 3 is 3.14 bits per heavy atom. The van der Waals surface area contributed by atoms with E-state index >= 15 is 0 Å². The van der Waals surface area contributed by atoms with Gasteiger partial charge in [-0.1, -0.05) is 12.1 Å². The van der Waals surface area contributed by atoms with E-state index in [1.807, 2.05) is 9.78 Å². The zero-order valence-electron chi connectivity index (χ0n) is 11.5. The van der Waals surface area contributed by atoms with E-state index in [9.17, 15) is 9.18 Å². The second-order valence-corrected chi connectivity index (χ2v) is 5.37. The number of aromatic nitrogens is 3. The lowest BCUT2D eigenvalue weighted by atomic mass is 10.3. The maximum absolute atomic E-state index is 13.3. The first-order valence-corrected chi connectivity index (χ1v) is 7.52. The van der Waals surface area contributed by atoms with Crippen molar-refractivity contribution in [2.45, 2.75) is 6.42 Å². The molecule has 1 N–H and O–H groups in total. The van der Waals surface area contributed by atoms with Crippen molar-refractivity contribution < 1.29 is 13.9 Å². The molecule has 8 heteroatoms. The number of carbonyl (C=O) groups excluding carboxylic acids is 1. The molecule has 0 spiro atoms. The largest absolute Gasteiger partial charge is 0.481 e. The van der Waals surface area contributed by atoms with Gasteiger partial charge in [0, 0.05) is 24.0 Å². The van der Waals surface area contributed by atoms with Crippen molar-refractivity contribution in [1.82, 2.24) is 19.9 Å². The molecule has 114 valence electrons. The van der Waals surface area contributed by atoms with E-state index in [1.54, 1.807) is 18.5 Å². The summed E-state index contributed by atoms with van der Waals surface area (Å²) in [5.41, 5.74) is 1.03. The Labute approximate surface area is 129 Å². The summed E-state index contributed by atoms with van der Waals surface area (Å²) in [5, 5.41) is 12.5. The van der Waals surface area contributed by atoms with Crippen LogP contribution in [0.3, 0.4) is 0 Å². The number of para-hydroxylation sites is 1. The van der Waals surface area contributed by atoms with E-state index in [1.165, 1.54) is 23.5 Å². The van der Waals surface area contributed by atoms with Gasteiger partial charge in [0.05, 0.1) is 0 Å². The van der Waals surface area contributed by atoms with Gasteiger partial charge in [0.15, 0.2) is 18.2 Å². The number of benzene rings is 1. The van der Waals surface area contributed by atoms with Crippen LogP contribution in [0.1, 0.15) is 5.69 Å². The van der Waals surface area contributed by atoms with Crippen molar-refractivity contribution in [3.63, 3.8) is 0 Å². The SMILES string of the molecule is O=C(COc1ccccc1F)NCCc1csc2nncn12. The van der Waals surface area contributed by atoms with Crippen molar-refractivity contribution in [2.24, 2.45) is 0 Å². The van der Waals surface area contributed by atoms with Gasteiger partial charge in [-0.25, -0.2) is 4.39 Å². The number of ether oxygens (including phenoxy) is 1. The Bertz CT molecular complexity index is 786. The third-order valence-electron chi connectivity index (χ3n) is 3.03. The van der Waals surface area contributed by atoms with Gasteiger partial charge in [-0.3, -0.25) is 9.20 Å². The molecule has 0 aliphatic heterocycles. The first kappa shape index (κ1) is 14.5. The molecule has 0 saturated carbocycles. The van der Waals surface area contributed by atoms with Crippen molar-refractivity contribution in [3.8, 4) is 5.75 Å². The minimum absolute atomic E-state index is 0.0710.